The van der Waals surface area contributed by atoms with Crippen LogP contribution in [0.3, 0.4) is 0 Å². The van der Waals surface area contributed by atoms with Gasteiger partial charge in [0.1, 0.15) is 0 Å². The highest BCUT2D eigenvalue weighted by Gasteiger charge is 2.15. The molecule has 2 aromatic rings. The van der Waals surface area contributed by atoms with Crippen LogP contribution in [0.2, 0.25) is 0 Å². The second kappa shape index (κ2) is 20.8. The zero-order valence-corrected chi connectivity index (χ0v) is 24.9. The third-order valence-corrected chi connectivity index (χ3v) is 7.79. The summed E-state index contributed by atoms with van der Waals surface area (Å²) in [6, 6.07) is 14.4. The zero-order chi connectivity index (χ0) is 29.7. The molecule has 0 aliphatic rings. The first-order chi connectivity index (χ1) is 19.8. The van der Waals surface area contributed by atoms with E-state index in [0.717, 1.165) is 5.56 Å². The minimum atomic E-state index is -3.78. The Kier molecular flexibility index (Phi) is 17.9. The normalized spacial score (nSPS) is 12.1. The van der Waals surface area contributed by atoms with Gasteiger partial charge in [-0.3, -0.25) is 8.37 Å². The van der Waals surface area contributed by atoms with E-state index < -0.39 is 20.2 Å². The average molecular weight is 621 g/mol. The molecule has 0 heterocycles. The highest BCUT2D eigenvalue weighted by atomic mass is 32.2. The monoisotopic (exact) mass is 620 g/mol. The molecular formula is C27H40O12S2. The van der Waals surface area contributed by atoms with Crippen LogP contribution in [0.25, 0.3) is 0 Å². The van der Waals surface area contributed by atoms with Crippen molar-refractivity contribution in [2.24, 2.45) is 0 Å². The molecule has 0 spiro atoms. The van der Waals surface area contributed by atoms with Crippen molar-refractivity contribution in [3.05, 3.63) is 60.2 Å². The molecule has 0 aliphatic heterocycles. The van der Waals surface area contributed by atoms with Crippen LogP contribution >= 0.6 is 0 Å². The summed E-state index contributed by atoms with van der Waals surface area (Å²) in [5, 5.41) is 0. The molecule has 0 unspecified atom stereocenters. The van der Waals surface area contributed by atoms with Crippen LogP contribution in [0, 0.1) is 6.92 Å². The van der Waals surface area contributed by atoms with Gasteiger partial charge in [0.15, 0.2) is 0 Å². The Bertz CT molecular complexity index is 1140. The van der Waals surface area contributed by atoms with E-state index in [1.807, 2.05) is 6.92 Å². The maximum Gasteiger partial charge on any atom is 0.297 e. The van der Waals surface area contributed by atoms with Crippen LogP contribution < -0.4 is 0 Å². The average Bonchev–Trinajstić information content (AvgIpc) is 2.96. The van der Waals surface area contributed by atoms with E-state index in [9.17, 15) is 16.8 Å². The maximum absolute atomic E-state index is 12.0. The van der Waals surface area contributed by atoms with Gasteiger partial charge in [0.25, 0.3) is 20.2 Å². The summed E-state index contributed by atoms with van der Waals surface area (Å²) in [4.78, 5) is 0.228. The molecule has 41 heavy (non-hydrogen) atoms. The molecule has 0 aliphatic carbocycles. The van der Waals surface area contributed by atoms with E-state index in [2.05, 4.69) is 0 Å². The number of hydrogen-bond acceptors (Lipinski definition) is 12. The highest BCUT2D eigenvalue weighted by Crippen LogP contribution is 2.13. The zero-order valence-electron chi connectivity index (χ0n) is 23.3. The van der Waals surface area contributed by atoms with Crippen LogP contribution in [0.15, 0.2) is 64.4 Å². The summed E-state index contributed by atoms with van der Waals surface area (Å²) in [5.74, 6) is 0. The number of rotatable bonds is 25. The fourth-order valence-electron chi connectivity index (χ4n) is 3.04. The van der Waals surface area contributed by atoms with Gasteiger partial charge in [-0.15, -0.1) is 0 Å². The Hall–Kier alpha value is -1.98. The van der Waals surface area contributed by atoms with Crippen molar-refractivity contribution in [2.45, 2.75) is 16.7 Å². The quantitative estimate of drug-likeness (QED) is 0.119. The minimum Gasteiger partial charge on any atom is -0.377 e. The van der Waals surface area contributed by atoms with Gasteiger partial charge in [-0.2, -0.15) is 16.8 Å². The van der Waals surface area contributed by atoms with Crippen molar-refractivity contribution in [1.29, 1.82) is 0 Å². The molecule has 0 radical (unpaired) electrons. The molecule has 0 amide bonds. The lowest BCUT2D eigenvalue weighted by Gasteiger charge is -2.09. The number of hydrogen-bond donors (Lipinski definition) is 0. The molecule has 0 fully saturated rings. The van der Waals surface area contributed by atoms with Crippen molar-refractivity contribution in [3.8, 4) is 0 Å². The van der Waals surface area contributed by atoms with Crippen molar-refractivity contribution in [2.75, 3.05) is 92.5 Å². The molecule has 0 saturated carbocycles. The van der Waals surface area contributed by atoms with E-state index >= 15 is 0 Å². The molecule has 0 bridgehead atoms. The predicted octanol–water partition coefficient (Wildman–Crippen LogP) is 2.21. The van der Waals surface area contributed by atoms with Crippen molar-refractivity contribution < 1.29 is 53.6 Å². The lowest BCUT2D eigenvalue weighted by molar-refractivity contribution is -0.0186. The summed E-state index contributed by atoms with van der Waals surface area (Å²) in [6.45, 7) is 5.78. The minimum absolute atomic E-state index is 0.0712. The van der Waals surface area contributed by atoms with Crippen molar-refractivity contribution in [3.63, 3.8) is 0 Å². The second-order valence-corrected chi connectivity index (χ2v) is 11.6. The Morgan fingerprint density at radius 1 is 0.415 bits per heavy atom. The van der Waals surface area contributed by atoms with Crippen LogP contribution in [0.1, 0.15) is 5.56 Å². The van der Waals surface area contributed by atoms with Gasteiger partial charge in [0.05, 0.1) is 102 Å². The summed E-state index contributed by atoms with van der Waals surface area (Å²) >= 11 is 0. The van der Waals surface area contributed by atoms with E-state index in [-0.39, 0.29) is 36.2 Å². The van der Waals surface area contributed by atoms with E-state index in [0.29, 0.717) is 66.1 Å². The van der Waals surface area contributed by atoms with Gasteiger partial charge >= 0.3 is 0 Å². The fraction of sp³-hybridized carbons (Fsp3) is 0.556. The van der Waals surface area contributed by atoms with Crippen LogP contribution in [-0.4, -0.2) is 109 Å². The van der Waals surface area contributed by atoms with Gasteiger partial charge in [0, 0.05) is 0 Å². The SMILES string of the molecule is Cc1ccc(S(=O)(=O)OCCOCCOCCOCCOCCOCCOCCOS(=O)(=O)c2ccccc2)cc1. The van der Waals surface area contributed by atoms with Crippen LogP contribution in [0.5, 0.6) is 0 Å². The molecule has 14 heteroatoms. The standard InChI is InChI=1S/C27H40O12S2/c1-25-7-9-27(10-8-25)41(30,31)39-24-22-37-20-18-35-16-14-33-12-11-32-13-15-34-17-19-36-21-23-38-40(28,29)26-5-3-2-4-6-26/h2-10H,11-24H2,1H3. The topological polar surface area (TPSA) is 142 Å². The van der Waals surface area contributed by atoms with E-state index in [1.54, 1.807) is 30.3 Å². The first kappa shape index (κ1) is 35.2. The lowest BCUT2D eigenvalue weighted by Crippen LogP contribution is -2.16. The van der Waals surface area contributed by atoms with Gasteiger partial charge in [-0.05, 0) is 31.2 Å². The van der Waals surface area contributed by atoms with Crippen LogP contribution in [-0.2, 0) is 57.0 Å². The summed E-state index contributed by atoms with van der Waals surface area (Å²) < 4.78 is 90.0. The predicted molar refractivity (Wildman–Crippen MR) is 149 cm³/mol. The molecule has 0 aromatic heterocycles. The first-order valence-corrected chi connectivity index (χ1v) is 16.0. The van der Waals surface area contributed by atoms with E-state index in [4.69, 9.17) is 36.8 Å². The number of benzene rings is 2. The van der Waals surface area contributed by atoms with Crippen molar-refractivity contribution >= 4 is 20.2 Å². The third kappa shape index (κ3) is 16.3. The smallest absolute Gasteiger partial charge is 0.297 e. The van der Waals surface area contributed by atoms with Gasteiger partial charge in [-0.25, -0.2) is 0 Å². The number of aryl methyl sites for hydroxylation is 1. The Balaban J connectivity index is 1.27. The largest absolute Gasteiger partial charge is 0.377 e. The summed E-state index contributed by atoms with van der Waals surface area (Å²) in [6.07, 6.45) is 0. The summed E-state index contributed by atoms with van der Waals surface area (Å²) in [7, 11) is -7.55. The highest BCUT2D eigenvalue weighted by molar-refractivity contribution is 7.87. The molecule has 2 rings (SSSR count). The Labute approximate surface area is 243 Å². The molecule has 0 atom stereocenters. The second-order valence-electron chi connectivity index (χ2n) is 8.35. The van der Waals surface area contributed by atoms with Gasteiger partial charge < -0.3 is 28.4 Å². The fourth-order valence-corrected chi connectivity index (χ4v) is 4.84. The molecule has 12 nitrogen and oxygen atoms in total. The Morgan fingerprint density at radius 2 is 0.707 bits per heavy atom. The van der Waals surface area contributed by atoms with Gasteiger partial charge in [-0.1, -0.05) is 35.9 Å². The molecular weight excluding hydrogens is 580 g/mol. The summed E-state index contributed by atoms with van der Waals surface area (Å²) in [5.41, 5.74) is 0.967. The first-order valence-electron chi connectivity index (χ1n) is 13.2. The maximum atomic E-state index is 12.0. The van der Waals surface area contributed by atoms with Crippen molar-refractivity contribution in [1.82, 2.24) is 0 Å². The van der Waals surface area contributed by atoms with Crippen LogP contribution in [0.4, 0.5) is 0 Å². The lowest BCUT2D eigenvalue weighted by atomic mass is 10.2. The molecule has 232 valence electrons. The molecule has 0 saturated heterocycles. The number of ether oxygens (including phenoxy) is 6. The molecule has 0 N–H and O–H groups in total. The van der Waals surface area contributed by atoms with Gasteiger partial charge in [0.2, 0.25) is 0 Å². The Morgan fingerprint density at radius 3 is 1.05 bits per heavy atom. The molecule has 2 aromatic carbocycles. The third-order valence-electron chi connectivity index (χ3n) is 5.13. The van der Waals surface area contributed by atoms with E-state index in [1.165, 1.54) is 24.3 Å².